The highest BCUT2D eigenvalue weighted by Gasteiger charge is 2.12. The molecule has 0 spiro atoms. The molecule has 3 rings (SSSR count). The summed E-state index contributed by atoms with van der Waals surface area (Å²) in [4.78, 5) is 0. The third kappa shape index (κ3) is 2.16. The molecule has 0 saturated heterocycles. The largest absolute Gasteiger partial charge is 0.396 e. The monoisotopic (exact) mass is 287 g/mol. The second-order valence-electron chi connectivity index (χ2n) is 4.41. The molecule has 0 saturated carbocycles. The van der Waals surface area contributed by atoms with Crippen molar-refractivity contribution in [3.8, 4) is 16.9 Å². The van der Waals surface area contributed by atoms with Gasteiger partial charge < -0.3 is 5.73 Å². The number of halogens is 1. The maximum absolute atomic E-state index is 6.17. The maximum atomic E-state index is 6.17. The molecule has 5 nitrogen and oxygen atoms in total. The lowest BCUT2D eigenvalue weighted by Crippen LogP contribution is -1.95. The van der Waals surface area contributed by atoms with E-state index in [1.807, 2.05) is 42.1 Å². The molecule has 102 valence electrons. The van der Waals surface area contributed by atoms with Gasteiger partial charge in [-0.2, -0.15) is 10.2 Å². The number of nitrogens with zero attached hydrogens (tertiary/aromatic N) is 4. The predicted molar refractivity (Wildman–Crippen MR) is 79.9 cm³/mol. The van der Waals surface area contributed by atoms with Crippen LogP contribution >= 0.6 is 11.6 Å². The average Bonchev–Trinajstić information content (AvgIpc) is 3.05. The van der Waals surface area contributed by atoms with Gasteiger partial charge in [0.1, 0.15) is 5.69 Å². The van der Waals surface area contributed by atoms with Gasteiger partial charge in [-0.1, -0.05) is 23.7 Å². The van der Waals surface area contributed by atoms with E-state index in [9.17, 15) is 0 Å². The van der Waals surface area contributed by atoms with Gasteiger partial charge in [0.15, 0.2) is 0 Å². The third-order valence-corrected chi connectivity index (χ3v) is 3.39. The van der Waals surface area contributed by atoms with Gasteiger partial charge >= 0.3 is 0 Å². The molecule has 1 aromatic carbocycles. The van der Waals surface area contributed by atoms with Crippen LogP contribution in [0.4, 0.5) is 5.69 Å². The molecule has 0 unspecified atom stereocenters. The number of rotatable bonds is 3. The molecule has 0 bridgehead atoms. The van der Waals surface area contributed by atoms with Gasteiger partial charge in [0.05, 0.1) is 28.8 Å². The Morgan fingerprint density at radius 1 is 1.25 bits per heavy atom. The second-order valence-corrected chi connectivity index (χ2v) is 4.82. The summed E-state index contributed by atoms with van der Waals surface area (Å²) >= 11 is 6.17. The Hall–Kier alpha value is -2.27. The predicted octanol–water partition coefficient (Wildman–Crippen LogP) is 2.99. The van der Waals surface area contributed by atoms with E-state index < -0.39 is 0 Å². The summed E-state index contributed by atoms with van der Waals surface area (Å²) in [5.74, 6) is 0. The number of para-hydroxylation sites is 1. The van der Waals surface area contributed by atoms with Crippen LogP contribution in [-0.2, 0) is 6.54 Å². The van der Waals surface area contributed by atoms with Crippen molar-refractivity contribution in [3.05, 3.63) is 47.9 Å². The summed E-state index contributed by atoms with van der Waals surface area (Å²) < 4.78 is 3.53. The first-order chi connectivity index (χ1) is 9.69. The first-order valence-electron chi connectivity index (χ1n) is 6.32. The maximum Gasteiger partial charge on any atom is 0.119 e. The molecule has 6 heteroatoms. The number of nitrogen functional groups attached to an aromatic ring is 1. The van der Waals surface area contributed by atoms with E-state index in [-0.39, 0.29) is 0 Å². The average molecular weight is 288 g/mol. The normalized spacial score (nSPS) is 10.9. The van der Waals surface area contributed by atoms with Gasteiger partial charge in [-0.25, -0.2) is 4.68 Å². The van der Waals surface area contributed by atoms with Crippen molar-refractivity contribution < 1.29 is 0 Å². The summed E-state index contributed by atoms with van der Waals surface area (Å²) in [7, 11) is 0. The molecule has 0 radical (unpaired) electrons. The van der Waals surface area contributed by atoms with E-state index in [2.05, 4.69) is 10.2 Å². The minimum atomic E-state index is 0.598. The van der Waals surface area contributed by atoms with Crippen LogP contribution < -0.4 is 5.73 Å². The fourth-order valence-electron chi connectivity index (χ4n) is 2.03. The van der Waals surface area contributed by atoms with E-state index in [0.717, 1.165) is 17.8 Å². The van der Waals surface area contributed by atoms with Gasteiger partial charge in [0.2, 0.25) is 0 Å². The summed E-state index contributed by atoms with van der Waals surface area (Å²) in [5, 5.41) is 9.38. The van der Waals surface area contributed by atoms with Crippen LogP contribution in [0, 0.1) is 0 Å². The van der Waals surface area contributed by atoms with Crippen LogP contribution in [0.2, 0.25) is 5.02 Å². The Bertz CT molecular complexity index is 744. The SMILES string of the molecule is CCn1cc(-c2nn(-c3ccccc3Cl)cc2N)cn1. The smallest absolute Gasteiger partial charge is 0.119 e. The van der Waals surface area contributed by atoms with Crippen molar-refractivity contribution in [1.29, 1.82) is 0 Å². The first-order valence-corrected chi connectivity index (χ1v) is 6.69. The number of aromatic nitrogens is 4. The quantitative estimate of drug-likeness (QED) is 0.805. The molecule has 0 aliphatic carbocycles. The summed E-state index contributed by atoms with van der Waals surface area (Å²) in [6.07, 6.45) is 5.45. The Labute approximate surface area is 121 Å². The second kappa shape index (κ2) is 5.02. The zero-order valence-electron chi connectivity index (χ0n) is 11.0. The summed E-state index contributed by atoms with van der Waals surface area (Å²) in [6.45, 7) is 2.84. The lowest BCUT2D eigenvalue weighted by molar-refractivity contribution is 0.660. The van der Waals surface area contributed by atoms with E-state index in [1.165, 1.54) is 0 Å². The van der Waals surface area contributed by atoms with E-state index in [4.69, 9.17) is 17.3 Å². The minimum absolute atomic E-state index is 0.598. The Morgan fingerprint density at radius 2 is 2.05 bits per heavy atom. The van der Waals surface area contributed by atoms with E-state index in [1.54, 1.807) is 17.1 Å². The highest BCUT2D eigenvalue weighted by atomic mass is 35.5. The number of hydrogen-bond donors (Lipinski definition) is 1. The highest BCUT2D eigenvalue weighted by molar-refractivity contribution is 6.32. The van der Waals surface area contributed by atoms with Gasteiger partial charge in [-0.15, -0.1) is 0 Å². The minimum Gasteiger partial charge on any atom is -0.396 e. The standard InChI is InChI=1S/C14H14ClN5/c1-2-19-8-10(7-17-19)14-12(16)9-20(18-14)13-6-4-3-5-11(13)15/h3-9H,2,16H2,1H3. The van der Waals surface area contributed by atoms with Crippen LogP contribution in [0.5, 0.6) is 0 Å². The van der Waals surface area contributed by atoms with Gasteiger partial charge in [-0.3, -0.25) is 4.68 Å². The van der Waals surface area contributed by atoms with Crippen LogP contribution in [0.25, 0.3) is 16.9 Å². The third-order valence-electron chi connectivity index (χ3n) is 3.07. The summed E-state index contributed by atoms with van der Waals surface area (Å²) in [6, 6.07) is 7.51. The molecular formula is C14H14ClN5. The summed E-state index contributed by atoms with van der Waals surface area (Å²) in [5.41, 5.74) is 9.06. The lowest BCUT2D eigenvalue weighted by Gasteiger charge is -2.02. The molecule has 2 aromatic heterocycles. The van der Waals surface area contributed by atoms with E-state index >= 15 is 0 Å². The van der Waals surface area contributed by atoms with E-state index in [0.29, 0.717) is 16.4 Å². The number of anilines is 1. The van der Waals surface area contributed by atoms with Crippen molar-refractivity contribution in [3.63, 3.8) is 0 Å². The van der Waals surface area contributed by atoms with Crippen molar-refractivity contribution in [2.45, 2.75) is 13.5 Å². The first kappa shape index (κ1) is 12.7. The Kier molecular flexibility index (Phi) is 3.20. The van der Waals surface area contributed by atoms with Crippen LogP contribution in [0.1, 0.15) is 6.92 Å². The molecular weight excluding hydrogens is 274 g/mol. The molecule has 0 fully saturated rings. The van der Waals surface area contributed by atoms with Gasteiger partial charge in [0.25, 0.3) is 0 Å². The molecule has 2 N–H and O–H groups in total. The van der Waals surface area contributed by atoms with Crippen molar-refractivity contribution in [2.24, 2.45) is 0 Å². The highest BCUT2D eigenvalue weighted by Crippen LogP contribution is 2.27. The fraction of sp³-hybridized carbons (Fsp3) is 0.143. The van der Waals surface area contributed by atoms with Crippen molar-refractivity contribution in [2.75, 3.05) is 5.73 Å². The number of nitrogens with two attached hydrogens (primary N) is 1. The molecule has 2 heterocycles. The molecule has 0 aliphatic rings. The molecule has 3 aromatic rings. The fourth-order valence-corrected chi connectivity index (χ4v) is 2.25. The zero-order valence-corrected chi connectivity index (χ0v) is 11.7. The zero-order chi connectivity index (χ0) is 14.1. The topological polar surface area (TPSA) is 61.7 Å². The molecule has 0 amide bonds. The Morgan fingerprint density at radius 3 is 2.75 bits per heavy atom. The lowest BCUT2D eigenvalue weighted by atomic mass is 10.2. The number of aryl methyl sites for hydroxylation is 1. The number of hydrogen-bond acceptors (Lipinski definition) is 3. The molecule has 0 atom stereocenters. The van der Waals surface area contributed by atoms with Crippen molar-refractivity contribution >= 4 is 17.3 Å². The van der Waals surface area contributed by atoms with Gasteiger partial charge in [0, 0.05) is 18.3 Å². The van der Waals surface area contributed by atoms with Crippen LogP contribution in [-0.4, -0.2) is 19.6 Å². The molecule has 0 aliphatic heterocycles. The van der Waals surface area contributed by atoms with Crippen molar-refractivity contribution in [1.82, 2.24) is 19.6 Å². The molecule has 20 heavy (non-hydrogen) atoms. The van der Waals surface area contributed by atoms with Gasteiger partial charge in [-0.05, 0) is 19.1 Å². The van der Waals surface area contributed by atoms with Crippen LogP contribution in [0.3, 0.4) is 0 Å². The number of benzene rings is 1. The van der Waals surface area contributed by atoms with Crippen LogP contribution in [0.15, 0.2) is 42.9 Å². The Balaban J connectivity index is 2.05.